The van der Waals surface area contributed by atoms with Gasteiger partial charge in [0.1, 0.15) is 0 Å². The van der Waals surface area contributed by atoms with Crippen LogP contribution in [-0.2, 0) is 6.61 Å². The summed E-state index contributed by atoms with van der Waals surface area (Å²) in [6.07, 6.45) is 3.99. The number of aromatic nitrogens is 3. The van der Waals surface area contributed by atoms with Crippen LogP contribution in [0.15, 0.2) is 6.20 Å². The van der Waals surface area contributed by atoms with Gasteiger partial charge in [-0.3, -0.25) is 0 Å². The van der Waals surface area contributed by atoms with Gasteiger partial charge < -0.3 is 5.11 Å². The molecule has 0 radical (unpaired) electrons. The van der Waals surface area contributed by atoms with Crippen molar-refractivity contribution in [2.24, 2.45) is 11.8 Å². The van der Waals surface area contributed by atoms with Crippen LogP contribution in [0.3, 0.4) is 0 Å². The minimum absolute atomic E-state index is 0.0375. The summed E-state index contributed by atoms with van der Waals surface area (Å²) in [5.74, 6) is 1.57. The highest BCUT2D eigenvalue weighted by molar-refractivity contribution is 4.97. The lowest BCUT2D eigenvalue weighted by atomic mass is 9.73. The minimum atomic E-state index is 0.0375. The van der Waals surface area contributed by atoms with E-state index in [9.17, 15) is 0 Å². The third-order valence-electron chi connectivity index (χ3n) is 3.25. The predicted molar refractivity (Wildman–Crippen MR) is 52.5 cm³/mol. The zero-order chi connectivity index (χ0) is 10.1. The molecule has 1 N–H and O–H groups in total. The maximum atomic E-state index is 9.05. The largest absolute Gasteiger partial charge is 0.390 e. The lowest BCUT2D eigenvalue weighted by Crippen LogP contribution is -2.31. The monoisotopic (exact) mass is 195 g/mol. The lowest BCUT2D eigenvalue weighted by molar-refractivity contribution is 0.127. The number of aliphatic hydroxyl groups excluding tert-OH is 1. The van der Waals surface area contributed by atoms with Crippen LogP contribution in [0.25, 0.3) is 0 Å². The summed E-state index contributed by atoms with van der Waals surface area (Å²) in [7, 11) is 0. The number of hydrogen-bond donors (Lipinski definition) is 1. The molecule has 1 aromatic rings. The fourth-order valence-corrected chi connectivity index (χ4v) is 2.06. The standard InChI is InChI=1S/C10H17N3O/c1-7(2)8-3-9(4-8)13-10(6-14)5-11-12-13/h5,7-9,14H,3-4,6H2,1-2H3. The predicted octanol–water partition coefficient (Wildman–Crippen LogP) is 1.38. The van der Waals surface area contributed by atoms with Gasteiger partial charge in [0, 0.05) is 0 Å². The fraction of sp³-hybridized carbons (Fsp3) is 0.800. The van der Waals surface area contributed by atoms with E-state index in [1.165, 1.54) is 12.8 Å². The van der Waals surface area contributed by atoms with Gasteiger partial charge in [0.15, 0.2) is 0 Å². The van der Waals surface area contributed by atoms with Crippen molar-refractivity contribution in [1.29, 1.82) is 0 Å². The Morgan fingerprint density at radius 1 is 1.57 bits per heavy atom. The number of rotatable bonds is 3. The number of aliphatic hydroxyl groups is 1. The van der Waals surface area contributed by atoms with E-state index in [1.807, 2.05) is 4.68 Å². The Balaban J connectivity index is 1.99. The van der Waals surface area contributed by atoms with Gasteiger partial charge in [0.25, 0.3) is 0 Å². The molecular formula is C10H17N3O. The summed E-state index contributed by atoms with van der Waals surface area (Å²) in [6.45, 7) is 4.56. The third-order valence-corrected chi connectivity index (χ3v) is 3.25. The normalized spacial score (nSPS) is 26.6. The second-order valence-corrected chi connectivity index (χ2v) is 4.46. The summed E-state index contributed by atoms with van der Waals surface area (Å²) in [4.78, 5) is 0. The van der Waals surface area contributed by atoms with Gasteiger partial charge in [0.05, 0.1) is 24.5 Å². The Labute approximate surface area is 83.9 Å². The molecule has 0 aromatic carbocycles. The van der Waals surface area contributed by atoms with Crippen LogP contribution in [0.2, 0.25) is 0 Å². The Morgan fingerprint density at radius 3 is 2.86 bits per heavy atom. The fourth-order valence-electron chi connectivity index (χ4n) is 2.06. The van der Waals surface area contributed by atoms with Crippen LogP contribution >= 0.6 is 0 Å². The molecule has 1 aliphatic rings. The third kappa shape index (κ3) is 1.54. The summed E-state index contributed by atoms with van der Waals surface area (Å²) in [5, 5.41) is 16.9. The Bertz CT molecular complexity index is 302. The number of hydrogen-bond acceptors (Lipinski definition) is 3. The second-order valence-electron chi connectivity index (χ2n) is 4.46. The Hall–Kier alpha value is -0.900. The quantitative estimate of drug-likeness (QED) is 0.792. The Morgan fingerprint density at radius 2 is 2.29 bits per heavy atom. The molecule has 2 rings (SSSR count). The van der Waals surface area contributed by atoms with Crippen molar-refractivity contribution in [1.82, 2.24) is 15.0 Å². The molecule has 0 atom stereocenters. The minimum Gasteiger partial charge on any atom is -0.390 e. The zero-order valence-corrected chi connectivity index (χ0v) is 8.72. The first-order valence-corrected chi connectivity index (χ1v) is 5.22. The maximum Gasteiger partial charge on any atom is 0.0866 e. The molecule has 1 aliphatic carbocycles. The van der Waals surface area contributed by atoms with Gasteiger partial charge in [-0.05, 0) is 24.7 Å². The first-order chi connectivity index (χ1) is 6.72. The summed E-state index contributed by atoms with van der Waals surface area (Å²) in [6, 6.07) is 0.465. The SMILES string of the molecule is CC(C)C1CC(n2nncc2CO)C1. The van der Waals surface area contributed by atoms with Gasteiger partial charge in [-0.15, -0.1) is 5.10 Å². The molecule has 1 fully saturated rings. The van der Waals surface area contributed by atoms with Crippen LogP contribution in [-0.4, -0.2) is 20.1 Å². The van der Waals surface area contributed by atoms with Crippen LogP contribution in [0.5, 0.6) is 0 Å². The van der Waals surface area contributed by atoms with E-state index in [0.717, 1.165) is 17.5 Å². The average Bonchev–Trinajstić information content (AvgIpc) is 2.48. The topological polar surface area (TPSA) is 50.9 Å². The molecular weight excluding hydrogens is 178 g/mol. The van der Waals surface area contributed by atoms with Crippen LogP contribution in [0, 0.1) is 11.8 Å². The molecule has 14 heavy (non-hydrogen) atoms. The van der Waals surface area contributed by atoms with E-state index in [-0.39, 0.29) is 6.61 Å². The van der Waals surface area contributed by atoms with Gasteiger partial charge in [-0.1, -0.05) is 19.1 Å². The van der Waals surface area contributed by atoms with Crippen molar-refractivity contribution in [3.8, 4) is 0 Å². The van der Waals surface area contributed by atoms with Gasteiger partial charge >= 0.3 is 0 Å². The maximum absolute atomic E-state index is 9.05. The van der Waals surface area contributed by atoms with Crippen LogP contribution < -0.4 is 0 Å². The van der Waals surface area contributed by atoms with Crippen molar-refractivity contribution in [2.75, 3.05) is 0 Å². The zero-order valence-electron chi connectivity index (χ0n) is 8.72. The highest BCUT2D eigenvalue weighted by Gasteiger charge is 2.33. The van der Waals surface area contributed by atoms with Crippen LogP contribution in [0.4, 0.5) is 0 Å². The molecule has 78 valence electrons. The van der Waals surface area contributed by atoms with Crippen molar-refractivity contribution in [2.45, 2.75) is 39.3 Å². The van der Waals surface area contributed by atoms with Crippen molar-refractivity contribution >= 4 is 0 Å². The van der Waals surface area contributed by atoms with Crippen molar-refractivity contribution in [3.05, 3.63) is 11.9 Å². The van der Waals surface area contributed by atoms with Crippen molar-refractivity contribution in [3.63, 3.8) is 0 Å². The summed E-state index contributed by atoms with van der Waals surface area (Å²) >= 11 is 0. The molecule has 0 aliphatic heterocycles. The Kier molecular flexibility index (Phi) is 2.54. The molecule has 0 spiro atoms. The van der Waals surface area contributed by atoms with Crippen molar-refractivity contribution < 1.29 is 5.11 Å². The van der Waals surface area contributed by atoms with E-state index in [1.54, 1.807) is 6.20 Å². The first kappa shape index (κ1) is 9.65. The molecule has 1 aromatic heterocycles. The highest BCUT2D eigenvalue weighted by atomic mass is 16.3. The summed E-state index contributed by atoms with van der Waals surface area (Å²) < 4.78 is 1.87. The van der Waals surface area contributed by atoms with E-state index < -0.39 is 0 Å². The van der Waals surface area contributed by atoms with E-state index in [2.05, 4.69) is 24.2 Å². The summed E-state index contributed by atoms with van der Waals surface area (Å²) in [5.41, 5.74) is 0.831. The van der Waals surface area contributed by atoms with E-state index in [0.29, 0.717) is 6.04 Å². The van der Waals surface area contributed by atoms with Gasteiger partial charge in [0.2, 0.25) is 0 Å². The average molecular weight is 195 g/mol. The molecule has 0 saturated heterocycles. The lowest BCUT2D eigenvalue weighted by Gasteiger charge is -2.38. The molecule has 0 bridgehead atoms. The van der Waals surface area contributed by atoms with Crippen LogP contribution in [0.1, 0.15) is 38.4 Å². The molecule has 0 unspecified atom stereocenters. The molecule has 1 heterocycles. The first-order valence-electron chi connectivity index (χ1n) is 5.22. The smallest absolute Gasteiger partial charge is 0.0866 e. The van der Waals surface area contributed by atoms with E-state index >= 15 is 0 Å². The van der Waals surface area contributed by atoms with Gasteiger partial charge in [-0.25, -0.2) is 4.68 Å². The molecule has 1 saturated carbocycles. The van der Waals surface area contributed by atoms with Gasteiger partial charge in [-0.2, -0.15) is 0 Å². The highest BCUT2D eigenvalue weighted by Crippen LogP contribution is 2.41. The second kappa shape index (κ2) is 3.69. The molecule has 4 heteroatoms. The molecule has 0 amide bonds. The number of nitrogens with zero attached hydrogens (tertiary/aromatic N) is 3. The molecule has 4 nitrogen and oxygen atoms in total. The van der Waals surface area contributed by atoms with E-state index in [4.69, 9.17) is 5.11 Å².